The second-order valence-corrected chi connectivity index (χ2v) is 8.18. The summed E-state index contributed by atoms with van der Waals surface area (Å²) >= 11 is 3.32. The molecule has 0 bridgehead atoms. The van der Waals surface area contributed by atoms with Gasteiger partial charge in [0.15, 0.2) is 0 Å². The van der Waals surface area contributed by atoms with Crippen LogP contribution in [0.2, 0.25) is 0 Å². The summed E-state index contributed by atoms with van der Waals surface area (Å²) in [5.41, 5.74) is 0.748. The van der Waals surface area contributed by atoms with Gasteiger partial charge in [0.05, 0.1) is 11.2 Å². The molecule has 2 fully saturated rings. The predicted octanol–water partition coefficient (Wildman–Crippen LogP) is 4.14. The average Bonchev–Trinajstić information content (AvgIpc) is 2.69. The first kappa shape index (κ1) is 17.7. The molecule has 0 spiro atoms. The van der Waals surface area contributed by atoms with E-state index < -0.39 is 5.60 Å². The Labute approximate surface area is 162 Å². The van der Waals surface area contributed by atoms with Gasteiger partial charge in [0.2, 0.25) is 0 Å². The molecule has 1 amide bonds. The van der Waals surface area contributed by atoms with Gasteiger partial charge in [-0.3, -0.25) is 4.79 Å². The van der Waals surface area contributed by atoms with Crippen molar-refractivity contribution >= 4 is 21.8 Å². The quantitative estimate of drug-likeness (QED) is 0.751. The molecule has 1 aromatic carbocycles. The molecule has 4 nitrogen and oxygen atoms in total. The monoisotopic (exact) mass is 414 g/mol. The van der Waals surface area contributed by atoms with E-state index in [0.29, 0.717) is 18.5 Å². The standard InChI is InChI=1S/C21H23BrN2O2/c22-19-11-10-15(14-23-19)20(25)24-13-12-21(26,16-6-2-1-3-7-16)17-8-4-5-9-18(17)24/h1-3,6-7,10-11,14,17-18,26H,4-5,8-9,12-13H2/t17-,18+,21-/m0/s1. The minimum absolute atomic E-state index is 0.0250. The maximum atomic E-state index is 13.1. The summed E-state index contributed by atoms with van der Waals surface area (Å²) in [7, 11) is 0. The Bertz CT molecular complexity index is 780. The van der Waals surface area contributed by atoms with Crippen molar-refractivity contribution < 1.29 is 9.90 Å². The third kappa shape index (κ3) is 3.08. The highest BCUT2D eigenvalue weighted by molar-refractivity contribution is 9.10. The molecule has 3 atom stereocenters. The Morgan fingerprint density at radius 1 is 1.15 bits per heavy atom. The summed E-state index contributed by atoms with van der Waals surface area (Å²) in [6, 6.07) is 13.7. The lowest BCUT2D eigenvalue weighted by atomic mass is 9.66. The first-order valence-corrected chi connectivity index (χ1v) is 10.1. The summed E-state index contributed by atoms with van der Waals surface area (Å²) in [5, 5.41) is 11.6. The van der Waals surface area contributed by atoms with Crippen LogP contribution in [-0.2, 0) is 5.60 Å². The summed E-state index contributed by atoms with van der Waals surface area (Å²) in [5.74, 6) is 0.108. The Morgan fingerprint density at radius 3 is 2.65 bits per heavy atom. The first-order chi connectivity index (χ1) is 12.6. The third-order valence-electron chi connectivity index (χ3n) is 5.99. The van der Waals surface area contributed by atoms with Gasteiger partial charge in [-0.1, -0.05) is 43.2 Å². The van der Waals surface area contributed by atoms with Crippen molar-refractivity contribution in [2.45, 2.75) is 43.7 Å². The number of fused-ring (bicyclic) bond motifs is 1. The average molecular weight is 415 g/mol. The zero-order valence-corrected chi connectivity index (χ0v) is 16.2. The first-order valence-electron chi connectivity index (χ1n) is 9.30. The number of hydrogen-bond donors (Lipinski definition) is 1. The Balaban J connectivity index is 1.64. The largest absolute Gasteiger partial charge is 0.385 e. The number of nitrogens with zero attached hydrogens (tertiary/aromatic N) is 2. The molecule has 0 unspecified atom stereocenters. The van der Waals surface area contributed by atoms with E-state index in [4.69, 9.17) is 0 Å². The van der Waals surface area contributed by atoms with E-state index in [2.05, 4.69) is 20.9 Å². The van der Waals surface area contributed by atoms with E-state index in [1.807, 2.05) is 41.3 Å². The fourth-order valence-corrected chi connectivity index (χ4v) is 4.92. The molecule has 26 heavy (non-hydrogen) atoms. The van der Waals surface area contributed by atoms with E-state index in [1.165, 1.54) is 0 Å². The highest BCUT2D eigenvalue weighted by atomic mass is 79.9. The van der Waals surface area contributed by atoms with Gasteiger partial charge in [0, 0.05) is 24.7 Å². The second-order valence-electron chi connectivity index (χ2n) is 7.37. The van der Waals surface area contributed by atoms with Crippen LogP contribution in [0.1, 0.15) is 48.0 Å². The number of hydrogen-bond acceptors (Lipinski definition) is 3. The number of rotatable bonds is 2. The highest BCUT2D eigenvalue weighted by Gasteiger charge is 2.50. The van der Waals surface area contributed by atoms with Crippen molar-refractivity contribution in [3.8, 4) is 0 Å². The number of aliphatic hydroxyl groups is 1. The fourth-order valence-electron chi connectivity index (χ4n) is 4.69. The van der Waals surface area contributed by atoms with Crippen molar-refractivity contribution in [1.82, 2.24) is 9.88 Å². The second kappa shape index (κ2) is 7.12. The van der Waals surface area contributed by atoms with E-state index in [-0.39, 0.29) is 17.9 Å². The van der Waals surface area contributed by atoms with E-state index in [0.717, 1.165) is 35.8 Å². The van der Waals surface area contributed by atoms with Crippen molar-refractivity contribution in [1.29, 1.82) is 0 Å². The van der Waals surface area contributed by atoms with E-state index in [9.17, 15) is 9.90 Å². The Hall–Kier alpha value is -1.72. The summed E-state index contributed by atoms with van der Waals surface area (Å²) in [4.78, 5) is 19.3. The maximum Gasteiger partial charge on any atom is 0.255 e. The molecule has 1 aliphatic carbocycles. The van der Waals surface area contributed by atoms with Crippen molar-refractivity contribution in [3.05, 3.63) is 64.4 Å². The topological polar surface area (TPSA) is 53.4 Å². The zero-order valence-electron chi connectivity index (χ0n) is 14.6. The van der Waals surface area contributed by atoms with Crippen LogP contribution in [0.3, 0.4) is 0 Å². The van der Waals surface area contributed by atoms with Gasteiger partial charge in [-0.15, -0.1) is 0 Å². The molecule has 1 saturated heterocycles. The lowest BCUT2D eigenvalue weighted by Gasteiger charge is -2.52. The number of piperidine rings is 1. The maximum absolute atomic E-state index is 13.1. The van der Waals surface area contributed by atoms with Crippen LogP contribution in [0, 0.1) is 5.92 Å². The van der Waals surface area contributed by atoms with Crippen LogP contribution >= 0.6 is 15.9 Å². The van der Waals surface area contributed by atoms with Gasteiger partial charge < -0.3 is 10.0 Å². The zero-order chi connectivity index (χ0) is 18.1. The molecular weight excluding hydrogens is 392 g/mol. The van der Waals surface area contributed by atoms with Gasteiger partial charge in [0.25, 0.3) is 5.91 Å². The molecule has 5 heteroatoms. The van der Waals surface area contributed by atoms with E-state index >= 15 is 0 Å². The van der Waals surface area contributed by atoms with Gasteiger partial charge in [-0.25, -0.2) is 4.98 Å². The number of carbonyl (C=O) groups excluding carboxylic acids is 1. The molecule has 1 saturated carbocycles. The molecule has 0 radical (unpaired) electrons. The minimum Gasteiger partial charge on any atom is -0.385 e. The van der Waals surface area contributed by atoms with Gasteiger partial charge in [0.1, 0.15) is 4.60 Å². The molecule has 2 aromatic rings. The van der Waals surface area contributed by atoms with Gasteiger partial charge >= 0.3 is 0 Å². The fraction of sp³-hybridized carbons (Fsp3) is 0.429. The molecule has 2 aliphatic rings. The van der Waals surface area contributed by atoms with Crippen LogP contribution in [0.25, 0.3) is 0 Å². The minimum atomic E-state index is -0.846. The van der Waals surface area contributed by atoms with Crippen LogP contribution < -0.4 is 0 Å². The number of benzene rings is 1. The number of aromatic nitrogens is 1. The van der Waals surface area contributed by atoms with Crippen molar-refractivity contribution in [2.24, 2.45) is 5.92 Å². The predicted molar refractivity (Wildman–Crippen MR) is 104 cm³/mol. The third-order valence-corrected chi connectivity index (χ3v) is 6.46. The summed E-state index contributed by atoms with van der Waals surface area (Å²) < 4.78 is 0.724. The van der Waals surface area contributed by atoms with Crippen LogP contribution in [-0.4, -0.2) is 33.5 Å². The normalized spacial score (nSPS) is 28.5. The lowest BCUT2D eigenvalue weighted by Crippen LogP contribution is -2.59. The number of pyridine rings is 1. The van der Waals surface area contributed by atoms with Crippen molar-refractivity contribution in [3.63, 3.8) is 0 Å². The SMILES string of the molecule is O=C(c1ccc(Br)nc1)N1CC[C@](O)(c2ccccc2)[C@H]2CCCC[C@H]21. The molecule has 1 aromatic heterocycles. The number of amides is 1. The Kier molecular flexibility index (Phi) is 4.84. The smallest absolute Gasteiger partial charge is 0.255 e. The van der Waals surface area contributed by atoms with Crippen LogP contribution in [0.4, 0.5) is 0 Å². The molecule has 4 rings (SSSR count). The molecule has 1 aliphatic heterocycles. The number of carbonyl (C=O) groups is 1. The van der Waals surface area contributed by atoms with Crippen LogP contribution in [0.15, 0.2) is 53.3 Å². The highest BCUT2D eigenvalue weighted by Crippen LogP contribution is 2.47. The molecular formula is C21H23BrN2O2. The summed E-state index contributed by atoms with van der Waals surface area (Å²) in [6.45, 7) is 0.571. The van der Waals surface area contributed by atoms with E-state index in [1.54, 1.807) is 12.3 Å². The molecule has 2 heterocycles. The van der Waals surface area contributed by atoms with Crippen LogP contribution in [0.5, 0.6) is 0 Å². The molecule has 136 valence electrons. The van der Waals surface area contributed by atoms with Crippen molar-refractivity contribution in [2.75, 3.05) is 6.54 Å². The number of halogens is 1. The van der Waals surface area contributed by atoms with Gasteiger partial charge in [-0.2, -0.15) is 0 Å². The number of likely N-dealkylation sites (tertiary alicyclic amines) is 1. The van der Waals surface area contributed by atoms with Gasteiger partial charge in [-0.05, 0) is 52.9 Å². The Morgan fingerprint density at radius 2 is 1.92 bits per heavy atom. The lowest BCUT2D eigenvalue weighted by molar-refractivity contribution is -0.110. The molecule has 1 N–H and O–H groups in total. The summed E-state index contributed by atoms with van der Waals surface area (Å²) in [6.07, 6.45) is 6.33.